The van der Waals surface area contributed by atoms with Crippen molar-refractivity contribution >= 4 is 22.5 Å². The summed E-state index contributed by atoms with van der Waals surface area (Å²) in [7, 11) is 3.16. The SMILES string of the molecule is Cc1ccc(-c2nc3c(=O)n(C)c(=O)n(C)c3n2Cc2ccccc2)s1. The lowest BCUT2D eigenvalue weighted by atomic mass is 10.2. The predicted molar refractivity (Wildman–Crippen MR) is 104 cm³/mol. The molecule has 0 aliphatic carbocycles. The van der Waals surface area contributed by atoms with Crippen LogP contribution in [0, 0.1) is 6.92 Å². The first-order chi connectivity index (χ1) is 12.5. The summed E-state index contributed by atoms with van der Waals surface area (Å²) in [4.78, 5) is 31.9. The molecule has 0 radical (unpaired) electrons. The van der Waals surface area contributed by atoms with Crippen LogP contribution in [0.1, 0.15) is 10.4 Å². The molecule has 1 aromatic carbocycles. The summed E-state index contributed by atoms with van der Waals surface area (Å²) in [5.74, 6) is 0.709. The lowest BCUT2D eigenvalue weighted by Crippen LogP contribution is -2.37. The van der Waals surface area contributed by atoms with Gasteiger partial charge in [-0.05, 0) is 24.6 Å². The summed E-state index contributed by atoms with van der Waals surface area (Å²) in [5.41, 5.74) is 1.21. The molecule has 7 heteroatoms. The van der Waals surface area contributed by atoms with Gasteiger partial charge in [0.2, 0.25) is 0 Å². The molecule has 0 spiro atoms. The Bertz CT molecular complexity index is 1230. The molecule has 0 aliphatic heterocycles. The van der Waals surface area contributed by atoms with Crippen molar-refractivity contribution in [1.29, 1.82) is 0 Å². The Morgan fingerprint density at radius 3 is 2.38 bits per heavy atom. The first-order valence-electron chi connectivity index (χ1n) is 8.24. The fourth-order valence-electron chi connectivity index (χ4n) is 3.15. The molecule has 0 bridgehead atoms. The Hall–Kier alpha value is -2.93. The maximum absolute atomic E-state index is 12.6. The van der Waals surface area contributed by atoms with E-state index in [1.165, 1.54) is 16.5 Å². The Labute approximate surface area is 153 Å². The molecule has 26 heavy (non-hydrogen) atoms. The number of aromatic nitrogens is 4. The third kappa shape index (κ3) is 2.52. The van der Waals surface area contributed by atoms with E-state index in [2.05, 4.69) is 4.98 Å². The first-order valence-corrected chi connectivity index (χ1v) is 9.06. The average molecular weight is 366 g/mol. The van der Waals surface area contributed by atoms with E-state index in [4.69, 9.17) is 0 Å². The summed E-state index contributed by atoms with van der Waals surface area (Å²) >= 11 is 1.62. The molecular formula is C19H18N4O2S. The number of imidazole rings is 1. The van der Waals surface area contributed by atoms with Crippen LogP contribution in [0.3, 0.4) is 0 Å². The van der Waals surface area contributed by atoms with Crippen LogP contribution in [-0.2, 0) is 20.6 Å². The van der Waals surface area contributed by atoms with E-state index in [9.17, 15) is 9.59 Å². The maximum atomic E-state index is 12.6. The highest BCUT2D eigenvalue weighted by atomic mass is 32.1. The second-order valence-electron chi connectivity index (χ2n) is 6.30. The van der Waals surface area contributed by atoms with Crippen molar-refractivity contribution in [2.24, 2.45) is 14.1 Å². The molecule has 6 nitrogen and oxygen atoms in total. The van der Waals surface area contributed by atoms with Crippen LogP contribution in [0.4, 0.5) is 0 Å². The highest BCUT2D eigenvalue weighted by Crippen LogP contribution is 2.29. The Balaban J connectivity index is 2.08. The minimum absolute atomic E-state index is 0.312. The number of aryl methyl sites for hydroxylation is 2. The molecular weight excluding hydrogens is 348 g/mol. The van der Waals surface area contributed by atoms with Crippen molar-refractivity contribution < 1.29 is 0 Å². The number of hydrogen-bond acceptors (Lipinski definition) is 4. The molecule has 3 heterocycles. The zero-order valence-corrected chi connectivity index (χ0v) is 15.6. The smallest absolute Gasteiger partial charge is 0.305 e. The second kappa shape index (κ2) is 6.10. The lowest BCUT2D eigenvalue weighted by Gasteiger charge is -2.11. The van der Waals surface area contributed by atoms with Crippen molar-refractivity contribution in [2.45, 2.75) is 13.5 Å². The van der Waals surface area contributed by atoms with Crippen molar-refractivity contribution in [3.8, 4) is 10.7 Å². The Morgan fingerprint density at radius 2 is 1.73 bits per heavy atom. The molecule has 0 aliphatic rings. The minimum Gasteiger partial charge on any atom is -0.305 e. The molecule has 0 unspecified atom stereocenters. The van der Waals surface area contributed by atoms with E-state index < -0.39 is 0 Å². The zero-order valence-electron chi connectivity index (χ0n) is 14.8. The van der Waals surface area contributed by atoms with E-state index in [1.54, 1.807) is 18.4 Å². The number of nitrogens with zero attached hydrogens (tertiary/aromatic N) is 4. The molecule has 0 saturated heterocycles. The van der Waals surface area contributed by atoms with Crippen molar-refractivity contribution in [1.82, 2.24) is 18.7 Å². The average Bonchev–Trinajstić information content (AvgIpc) is 3.23. The third-order valence-corrected chi connectivity index (χ3v) is 5.48. The van der Waals surface area contributed by atoms with Gasteiger partial charge in [0, 0.05) is 19.0 Å². The number of fused-ring (bicyclic) bond motifs is 1. The summed E-state index contributed by atoms with van der Waals surface area (Å²) in [5, 5.41) is 0. The normalized spacial score (nSPS) is 11.3. The van der Waals surface area contributed by atoms with E-state index >= 15 is 0 Å². The molecule has 4 aromatic rings. The van der Waals surface area contributed by atoms with Crippen LogP contribution < -0.4 is 11.2 Å². The second-order valence-corrected chi connectivity index (χ2v) is 7.58. The third-order valence-electron chi connectivity index (χ3n) is 4.48. The van der Waals surface area contributed by atoms with Crippen LogP contribution >= 0.6 is 11.3 Å². The fourth-order valence-corrected chi connectivity index (χ4v) is 4.01. The molecule has 132 valence electrons. The molecule has 4 rings (SSSR count). The standard InChI is InChI=1S/C19H18N4O2S/c1-12-9-10-14(26-12)16-20-15-17(21(2)19(25)22(3)18(15)24)23(16)11-13-7-5-4-6-8-13/h4-10H,11H2,1-3H3. The summed E-state index contributed by atoms with van der Waals surface area (Å²) < 4.78 is 4.56. The summed E-state index contributed by atoms with van der Waals surface area (Å²) in [6, 6.07) is 14.0. The molecule has 0 amide bonds. The largest absolute Gasteiger partial charge is 0.332 e. The quantitative estimate of drug-likeness (QED) is 0.560. The Morgan fingerprint density at radius 1 is 1.00 bits per heavy atom. The summed E-state index contributed by atoms with van der Waals surface area (Å²) in [6.07, 6.45) is 0. The number of rotatable bonds is 3. The van der Waals surface area contributed by atoms with Crippen LogP contribution in [0.2, 0.25) is 0 Å². The first kappa shape index (κ1) is 16.5. The topological polar surface area (TPSA) is 61.8 Å². The number of thiophene rings is 1. The zero-order chi connectivity index (χ0) is 18.4. The van der Waals surface area contributed by atoms with E-state index in [0.717, 1.165) is 15.0 Å². The van der Waals surface area contributed by atoms with Gasteiger partial charge in [0.15, 0.2) is 17.0 Å². The fraction of sp³-hybridized carbons (Fsp3) is 0.211. The number of benzene rings is 1. The van der Waals surface area contributed by atoms with Gasteiger partial charge in [-0.25, -0.2) is 9.78 Å². The van der Waals surface area contributed by atoms with Gasteiger partial charge in [-0.2, -0.15) is 0 Å². The highest BCUT2D eigenvalue weighted by molar-refractivity contribution is 7.15. The Kier molecular flexibility index (Phi) is 3.88. The van der Waals surface area contributed by atoms with Gasteiger partial charge in [0.05, 0.1) is 11.4 Å². The van der Waals surface area contributed by atoms with Gasteiger partial charge < -0.3 is 4.57 Å². The van der Waals surface area contributed by atoms with E-state index in [0.29, 0.717) is 23.5 Å². The van der Waals surface area contributed by atoms with Crippen LogP contribution in [0.5, 0.6) is 0 Å². The van der Waals surface area contributed by atoms with Gasteiger partial charge in [0.1, 0.15) is 0 Å². The van der Waals surface area contributed by atoms with Gasteiger partial charge in [-0.15, -0.1) is 11.3 Å². The van der Waals surface area contributed by atoms with Crippen LogP contribution in [0.15, 0.2) is 52.1 Å². The maximum Gasteiger partial charge on any atom is 0.332 e. The molecule has 3 aromatic heterocycles. The monoisotopic (exact) mass is 366 g/mol. The van der Waals surface area contributed by atoms with Gasteiger partial charge in [-0.3, -0.25) is 13.9 Å². The van der Waals surface area contributed by atoms with Crippen molar-refractivity contribution in [3.05, 3.63) is 73.7 Å². The molecule has 0 N–H and O–H groups in total. The summed E-state index contributed by atoms with van der Waals surface area (Å²) in [6.45, 7) is 2.57. The van der Waals surface area contributed by atoms with Gasteiger partial charge >= 0.3 is 5.69 Å². The van der Waals surface area contributed by atoms with E-state index in [-0.39, 0.29) is 11.2 Å². The predicted octanol–water partition coefficient (Wildman–Crippen LogP) is 2.52. The minimum atomic E-state index is -0.371. The lowest BCUT2D eigenvalue weighted by molar-refractivity contribution is 0.689. The van der Waals surface area contributed by atoms with E-state index in [1.807, 2.05) is 54.0 Å². The molecule has 0 saturated carbocycles. The van der Waals surface area contributed by atoms with Gasteiger partial charge in [-0.1, -0.05) is 30.3 Å². The molecule has 0 atom stereocenters. The van der Waals surface area contributed by atoms with Crippen molar-refractivity contribution in [2.75, 3.05) is 0 Å². The van der Waals surface area contributed by atoms with Gasteiger partial charge in [0.25, 0.3) is 5.56 Å². The van der Waals surface area contributed by atoms with Crippen LogP contribution in [-0.4, -0.2) is 18.7 Å². The molecule has 0 fully saturated rings. The van der Waals surface area contributed by atoms with Crippen molar-refractivity contribution in [3.63, 3.8) is 0 Å². The number of hydrogen-bond donors (Lipinski definition) is 0. The van der Waals surface area contributed by atoms with Crippen LogP contribution in [0.25, 0.3) is 21.9 Å². The highest BCUT2D eigenvalue weighted by Gasteiger charge is 2.20.